The predicted octanol–water partition coefficient (Wildman–Crippen LogP) is 2.33. The summed E-state index contributed by atoms with van der Waals surface area (Å²) in [7, 11) is -3.39. The van der Waals surface area contributed by atoms with Gasteiger partial charge in [-0.1, -0.05) is 0 Å². The Bertz CT molecular complexity index is 601. The molecule has 10 heteroatoms. The lowest BCUT2D eigenvalue weighted by molar-refractivity contribution is 0.230. The highest BCUT2D eigenvalue weighted by Crippen LogP contribution is 2.46. The van der Waals surface area contributed by atoms with Crippen molar-refractivity contribution in [2.45, 2.75) is 13.8 Å². The highest BCUT2D eigenvalue weighted by Gasteiger charge is 2.21. The van der Waals surface area contributed by atoms with E-state index in [0.717, 1.165) is 0 Å². The van der Waals surface area contributed by atoms with Gasteiger partial charge in [-0.3, -0.25) is 18.2 Å². The van der Waals surface area contributed by atoms with Gasteiger partial charge in [0.1, 0.15) is 12.7 Å². The zero-order valence-electron chi connectivity index (χ0n) is 12.2. The molecule has 0 aliphatic carbocycles. The molecular weight excluding hydrogens is 309 g/mol. The Kier molecular flexibility index (Phi) is 7.19. The van der Waals surface area contributed by atoms with Gasteiger partial charge in [-0.25, -0.2) is 19.3 Å². The average molecular weight is 325 g/mol. The van der Waals surface area contributed by atoms with Crippen LogP contribution in [-0.4, -0.2) is 38.3 Å². The third-order valence-corrected chi connectivity index (χ3v) is 3.61. The number of rotatable bonds is 4. The van der Waals surface area contributed by atoms with E-state index in [1.165, 1.54) is 27.6 Å². The molecule has 0 aliphatic rings. The van der Waals surface area contributed by atoms with Crippen molar-refractivity contribution in [1.82, 2.24) is 19.1 Å². The predicted molar refractivity (Wildman–Crippen MR) is 77.1 cm³/mol. The average Bonchev–Trinajstić information content (AvgIpc) is 3.21. The van der Waals surface area contributed by atoms with Crippen molar-refractivity contribution >= 4 is 13.6 Å². The highest BCUT2D eigenvalue weighted by molar-refractivity contribution is 7.59. The van der Waals surface area contributed by atoms with Gasteiger partial charge in [-0.05, 0) is 13.8 Å². The zero-order valence-corrected chi connectivity index (χ0v) is 13.1. The molecule has 0 atom stereocenters. The molecule has 118 valence electrons. The fourth-order valence-electron chi connectivity index (χ4n) is 1.31. The summed E-state index contributed by atoms with van der Waals surface area (Å²) in [6, 6.07) is -0.190. The lowest BCUT2D eigenvalue weighted by Crippen LogP contribution is -2.15. The Hall–Kier alpha value is -2.27. The summed E-state index contributed by atoms with van der Waals surface area (Å²) in [5, 5.41) is 8.28. The van der Waals surface area contributed by atoms with Crippen LogP contribution < -0.4 is 0 Å². The van der Waals surface area contributed by atoms with Gasteiger partial charge in [0, 0.05) is 24.8 Å². The van der Waals surface area contributed by atoms with E-state index < -0.39 is 7.60 Å². The Morgan fingerprint density at radius 3 is 1.86 bits per heavy atom. The van der Waals surface area contributed by atoms with Crippen molar-refractivity contribution in [1.29, 1.82) is 5.26 Å². The molecule has 0 radical (unpaired) electrons. The first kappa shape index (κ1) is 17.8. The molecule has 0 amide bonds. The molecule has 9 nitrogen and oxygen atoms in total. The fraction of sp³-hybridized carbons (Fsp3) is 0.333. The summed E-state index contributed by atoms with van der Waals surface area (Å²) in [6.07, 6.45) is 9.17. The van der Waals surface area contributed by atoms with Crippen LogP contribution in [0.4, 0.5) is 4.79 Å². The van der Waals surface area contributed by atoms with Crippen molar-refractivity contribution in [2.75, 3.05) is 13.2 Å². The molecular formula is C12H16N5O4P. The quantitative estimate of drug-likeness (QED) is 0.793. The molecule has 0 bridgehead atoms. The van der Waals surface area contributed by atoms with Crippen LogP contribution in [0.25, 0.3) is 0 Å². The smallest absolute Gasteiger partial charge is 0.298 e. The number of nitriles is 1. The summed E-state index contributed by atoms with van der Waals surface area (Å²) >= 11 is 0. The van der Waals surface area contributed by atoms with Gasteiger partial charge in [0.2, 0.25) is 0 Å². The third-order valence-electron chi connectivity index (χ3n) is 2.17. The monoisotopic (exact) mass is 325 g/mol. The molecule has 2 aromatic rings. The van der Waals surface area contributed by atoms with Crippen LogP contribution in [0.3, 0.4) is 0 Å². The van der Waals surface area contributed by atoms with E-state index in [-0.39, 0.29) is 19.2 Å². The zero-order chi connectivity index (χ0) is 16.4. The summed E-state index contributed by atoms with van der Waals surface area (Å²) in [4.78, 5) is 18.9. The van der Waals surface area contributed by atoms with E-state index >= 15 is 0 Å². The summed E-state index contributed by atoms with van der Waals surface area (Å²) < 4.78 is 22.9. The van der Waals surface area contributed by atoms with Crippen molar-refractivity contribution in [3.8, 4) is 5.81 Å². The maximum atomic E-state index is 11.4. The van der Waals surface area contributed by atoms with Gasteiger partial charge in [0.15, 0.2) is 5.81 Å². The number of imidazole rings is 2. The first-order valence-corrected chi connectivity index (χ1v) is 7.91. The van der Waals surface area contributed by atoms with Crippen LogP contribution in [0.2, 0.25) is 0 Å². The number of aromatic nitrogens is 4. The number of hydrogen-bond donors (Lipinski definition) is 0. The number of carbonyl (C=O) groups excluding carboxylic acids is 1. The molecule has 0 saturated heterocycles. The Morgan fingerprint density at radius 1 is 1.14 bits per heavy atom. The molecule has 0 N–H and O–H groups in total. The SMILES string of the molecule is CCOP(=O)(C#N)OCC.O=C(n1ccnc1)n1ccnc1. The minimum Gasteiger partial charge on any atom is -0.298 e. The van der Waals surface area contributed by atoms with E-state index in [0.29, 0.717) is 0 Å². The lowest BCUT2D eigenvalue weighted by Gasteiger charge is -2.06. The number of hydrogen-bond acceptors (Lipinski definition) is 7. The molecule has 2 aromatic heterocycles. The standard InChI is InChI=1S/C7H6N4O.C5H10NO3P/c12-7(10-3-1-8-5-10)11-4-2-9-6-11;1-3-8-10(7,5-6)9-4-2/h1-6H;3-4H2,1-2H3. The molecule has 0 unspecified atom stereocenters. The van der Waals surface area contributed by atoms with E-state index in [9.17, 15) is 9.36 Å². The Balaban J connectivity index is 0.000000225. The maximum Gasteiger partial charge on any atom is 0.431 e. The second kappa shape index (κ2) is 8.89. The van der Waals surface area contributed by atoms with Gasteiger partial charge in [0.05, 0.1) is 13.2 Å². The van der Waals surface area contributed by atoms with E-state index in [1.54, 1.807) is 38.6 Å². The summed E-state index contributed by atoms with van der Waals surface area (Å²) in [6.45, 7) is 3.77. The molecule has 2 heterocycles. The number of carbonyl (C=O) groups is 1. The van der Waals surface area contributed by atoms with Crippen LogP contribution in [0, 0.1) is 11.1 Å². The minimum absolute atomic E-state index is 0.190. The molecule has 0 aliphatic heterocycles. The van der Waals surface area contributed by atoms with Crippen molar-refractivity contribution in [3.05, 3.63) is 37.4 Å². The van der Waals surface area contributed by atoms with E-state index in [4.69, 9.17) is 5.26 Å². The van der Waals surface area contributed by atoms with Crippen LogP contribution in [0.1, 0.15) is 13.8 Å². The highest BCUT2D eigenvalue weighted by atomic mass is 31.2. The lowest BCUT2D eigenvalue weighted by atomic mass is 10.8. The molecule has 0 aromatic carbocycles. The van der Waals surface area contributed by atoms with E-state index in [1.807, 2.05) is 0 Å². The summed E-state index contributed by atoms with van der Waals surface area (Å²) in [5.41, 5.74) is 0. The van der Waals surface area contributed by atoms with Crippen LogP contribution in [0.5, 0.6) is 0 Å². The maximum absolute atomic E-state index is 11.4. The van der Waals surface area contributed by atoms with Gasteiger partial charge in [0.25, 0.3) is 0 Å². The minimum atomic E-state index is -3.39. The first-order chi connectivity index (χ1) is 10.6. The van der Waals surface area contributed by atoms with Gasteiger partial charge < -0.3 is 0 Å². The van der Waals surface area contributed by atoms with Crippen molar-refractivity contribution in [3.63, 3.8) is 0 Å². The second-order valence-corrected chi connectivity index (χ2v) is 5.37. The largest absolute Gasteiger partial charge is 0.431 e. The first-order valence-electron chi connectivity index (χ1n) is 6.37. The van der Waals surface area contributed by atoms with Crippen LogP contribution in [0.15, 0.2) is 37.4 Å². The van der Waals surface area contributed by atoms with Crippen LogP contribution >= 0.6 is 7.60 Å². The van der Waals surface area contributed by atoms with Gasteiger partial charge >= 0.3 is 13.6 Å². The topological polar surface area (TPSA) is 112 Å². The molecule has 0 spiro atoms. The second-order valence-electron chi connectivity index (χ2n) is 3.66. The molecule has 0 saturated carbocycles. The third kappa shape index (κ3) is 5.26. The Morgan fingerprint density at radius 2 is 1.59 bits per heavy atom. The van der Waals surface area contributed by atoms with Gasteiger partial charge in [-0.2, -0.15) is 5.26 Å². The molecule has 2 rings (SSSR count). The van der Waals surface area contributed by atoms with Crippen LogP contribution in [-0.2, 0) is 13.6 Å². The van der Waals surface area contributed by atoms with E-state index in [2.05, 4.69) is 19.0 Å². The van der Waals surface area contributed by atoms with Gasteiger partial charge in [-0.15, -0.1) is 0 Å². The normalized spacial score (nSPS) is 10.4. The Labute approximate surface area is 127 Å². The molecule has 22 heavy (non-hydrogen) atoms. The number of nitrogens with zero attached hydrogens (tertiary/aromatic N) is 5. The van der Waals surface area contributed by atoms with Crippen molar-refractivity contribution in [2.24, 2.45) is 0 Å². The summed E-state index contributed by atoms with van der Waals surface area (Å²) in [5.74, 6) is 1.49. The van der Waals surface area contributed by atoms with Crippen molar-refractivity contribution < 1.29 is 18.4 Å². The molecule has 0 fully saturated rings. The fourth-order valence-corrected chi connectivity index (χ4v) is 2.18.